The zero-order chi connectivity index (χ0) is 32.5. The molecule has 3 aliphatic rings. The Bertz CT molecular complexity index is 1680. The number of aromatic nitrogens is 1. The summed E-state index contributed by atoms with van der Waals surface area (Å²) in [5.41, 5.74) is 1.43. The second-order valence-corrected chi connectivity index (χ2v) is 12.4. The second kappa shape index (κ2) is 12.8. The van der Waals surface area contributed by atoms with Crippen molar-refractivity contribution in [3.63, 3.8) is 0 Å². The molecule has 242 valence electrons. The van der Waals surface area contributed by atoms with Crippen LogP contribution in [0.5, 0.6) is 5.75 Å². The number of likely N-dealkylation sites (N-methyl/N-ethyl adjacent to an activating group) is 1. The van der Waals surface area contributed by atoms with Gasteiger partial charge in [0, 0.05) is 31.9 Å². The van der Waals surface area contributed by atoms with E-state index in [0.717, 1.165) is 50.3 Å². The largest absolute Gasteiger partial charge is 0.482 e. The van der Waals surface area contributed by atoms with E-state index in [2.05, 4.69) is 9.88 Å². The van der Waals surface area contributed by atoms with E-state index in [1.165, 1.54) is 24.3 Å². The molecule has 0 radical (unpaired) electrons. The summed E-state index contributed by atoms with van der Waals surface area (Å²) in [4.78, 5) is 40.5. The predicted octanol–water partition coefficient (Wildman–Crippen LogP) is 5.36. The van der Waals surface area contributed by atoms with Gasteiger partial charge in [0.2, 0.25) is 0 Å². The van der Waals surface area contributed by atoms with E-state index in [1.807, 2.05) is 64.2 Å². The quantitative estimate of drug-likeness (QED) is 0.259. The van der Waals surface area contributed by atoms with Crippen LogP contribution in [0.1, 0.15) is 42.2 Å². The molecule has 47 heavy (non-hydrogen) atoms. The maximum Gasteiger partial charge on any atom is 0.265 e. The summed E-state index contributed by atoms with van der Waals surface area (Å²) in [6, 6.07) is 25.4. The van der Waals surface area contributed by atoms with Gasteiger partial charge >= 0.3 is 0 Å². The van der Waals surface area contributed by atoms with E-state index in [9.17, 15) is 18.4 Å². The first kappa shape index (κ1) is 31.0. The number of anilines is 1. The van der Waals surface area contributed by atoms with Gasteiger partial charge in [-0.15, -0.1) is 0 Å². The van der Waals surface area contributed by atoms with Crippen LogP contribution in [0.25, 0.3) is 0 Å². The van der Waals surface area contributed by atoms with Gasteiger partial charge in [-0.1, -0.05) is 42.5 Å². The second-order valence-electron chi connectivity index (χ2n) is 12.4. The van der Waals surface area contributed by atoms with Gasteiger partial charge in [-0.3, -0.25) is 19.5 Å². The van der Waals surface area contributed by atoms with E-state index in [4.69, 9.17) is 4.74 Å². The molecule has 1 unspecified atom stereocenters. The van der Waals surface area contributed by atoms with Crippen LogP contribution in [0, 0.1) is 11.6 Å². The minimum Gasteiger partial charge on any atom is -0.482 e. The number of amides is 2. The lowest BCUT2D eigenvalue weighted by molar-refractivity contribution is -0.133. The van der Waals surface area contributed by atoms with E-state index in [0.29, 0.717) is 23.4 Å². The van der Waals surface area contributed by atoms with Gasteiger partial charge in [0.1, 0.15) is 23.5 Å². The van der Waals surface area contributed by atoms with Gasteiger partial charge in [0.15, 0.2) is 12.1 Å². The van der Waals surface area contributed by atoms with Crippen molar-refractivity contribution in [2.45, 2.75) is 37.0 Å². The third kappa shape index (κ3) is 5.55. The maximum absolute atomic E-state index is 14.8. The van der Waals surface area contributed by atoms with Crippen LogP contribution in [0.15, 0.2) is 97.2 Å². The van der Waals surface area contributed by atoms with Crippen molar-refractivity contribution in [1.82, 2.24) is 19.7 Å². The number of halogens is 2. The minimum atomic E-state index is -1.32. The van der Waals surface area contributed by atoms with Crippen molar-refractivity contribution >= 4 is 17.5 Å². The number of benzene rings is 3. The molecule has 0 aliphatic carbocycles. The molecule has 4 heterocycles. The molecule has 1 atom stereocenters. The molecule has 2 saturated heterocycles. The highest BCUT2D eigenvalue weighted by atomic mass is 19.1. The first-order valence-corrected chi connectivity index (χ1v) is 16.1. The summed E-state index contributed by atoms with van der Waals surface area (Å²) in [5.74, 6) is -0.239. The van der Waals surface area contributed by atoms with E-state index >= 15 is 0 Å². The molecule has 1 aromatic heterocycles. The lowest BCUT2D eigenvalue weighted by atomic mass is 9.81. The lowest BCUT2D eigenvalue weighted by Crippen LogP contribution is -2.51. The topological polar surface area (TPSA) is 69.2 Å². The number of para-hydroxylation sites is 2. The number of rotatable bonds is 8. The summed E-state index contributed by atoms with van der Waals surface area (Å²) >= 11 is 0. The highest BCUT2D eigenvalue weighted by Crippen LogP contribution is 2.49. The number of carbonyl (C=O) groups excluding carboxylic acids is 2. The van der Waals surface area contributed by atoms with Gasteiger partial charge in [0.05, 0.1) is 11.4 Å². The van der Waals surface area contributed by atoms with Crippen molar-refractivity contribution < 1.29 is 23.1 Å². The Morgan fingerprint density at radius 2 is 1.47 bits per heavy atom. The third-order valence-electron chi connectivity index (χ3n) is 9.78. The van der Waals surface area contributed by atoms with Gasteiger partial charge in [-0.2, -0.15) is 0 Å². The summed E-state index contributed by atoms with van der Waals surface area (Å²) in [5, 5.41) is 0. The highest BCUT2D eigenvalue weighted by Gasteiger charge is 2.58. The molecular weight excluding hydrogens is 600 g/mol. The number of likely N-dealkylation sites (tertiary alicyclic amines) is 1. The number of ether oxygens (including phenoxy) is 1. The SMILES string of the molecule is CN1C(c2ccccn2)N(CCCN2CCC(N3C(=O)COc4ccccc43)CC2)C(=O)C1(c1ccc(F)cc1)c1ccc(F)cc1. The maximum atomic E-state index is 14.8. The Morgan fingerprint density at radius 3 is 2.11 bits per heavy atom. The monoisotopic (exact) mass is 637 g/mol. The first-order chi connectivity index (χ1) is 22.9. The van der Waals surface area contributed by atoms with E-state index < -0.39 is 23.3 Å². The molecule has 2 fully saturated rings. The zero-order valence-corrected chi connectivity index (χ0v) is 26.3. The predicted molar refractivity (Wildman–Crippen MR) is 174 cm³/mol. The summed E-state index contributed by atoms with van der Waals surface area (Å²) in [6.07, 6.45) is 3.62. The minimum absolute atomic E-state index is 0.00910. The fourth-order valence-corrected chi connectivity index (χ4v) is 7.56. The van der Waals surface area contributed by atoms with Crippen LogP contribution in [-0.4, -0.2) is 77.4 Å². The van der Waals surface area contributed by atoms with Crippen molar-refractivity contribution in [2.75, 3.05) is 44.7 Å². The Morgan fingerprint density at radius 1 is 0.830 bits per heavy atom. The normalized spacial score (nSPS) is 20.4. The molecule has 8 nitrogen and oxygen atoms in total. The van der Waals surface area contributed by atoms with Crippen molar-refractivity contribution in [2.24, 2.45) is 0 Å². The van der Waals surface area contributed by atoms with Crippen molar-refractivity contribution in [3.05, 3.63) is 126 Å². The Balaban J connectivity index is 1.11. The summed E-state index contributed by atoms with van der Waals surface area (Å²) < 4.78 is 33.9. The highest BCUT2D eigenvalue weighted by molar-refractivity contribution is 5.98. The molecule has 10 heteroatoms. The zero-order valence-electron chi connectivity index (χ0n) is 26.3. The average Bonchev–Trinajstić information content (AvgIpc) is 3.32. The average molecular weight is 638 g/mol. The molecule has 3 aliphatic heterocycles. The standard InChI is InChI=1S/C37H37F2N5O3/c1-41-35(31-7-4-5-20-40-31)43(36(46)37(41,26-10-14-28(38)15-11-26)27-12-16-29(39)17-13-27)22-6-21-42-23-18-30(19-24-42)44-32-8-2-3-9-33(32)47-25-34(44)45/h2-5,7-17,20,30,35H,6,18-19,21-25H2,1H3. The number of hydrogen-bond acceptors (Lipinski definition) is 6. The van der Waals surface area contributed by atoms with Crippen LogP contribution in [0.4, 0.5) is 14.5 Å². The summed E-state index contributed by atoms with van der Waals surface area (Å²) in [7, 11) is 1.87. The molecule has 0 bridgehead atoms. The van der Waals surface area contributed by atoms with Crippen LogP contribution in [0.2, 0.25) is 0 Å². The molecule has 7 rings (SSSR count). The number of fused-ring (bicyclic) bond motifs is 1. The van der Waals surface area contributed by atoms with Crippen molar-refractivity contribution in [3.8, 4) is 5.75 Å². The van der Waals surface area contributed by atoms with Crippen LogP contribution in [0.3, 0.4) is 0 Å². The Hall–Kier alpha value is -4.67. The van der Waals surface area contributed by atoms with Gasteiger partial charge in [-0.05, 0) is 92.5 Å². The van der Waals surface area contributed by atoms with Crippen LogP contribution in [-0.2, 0) is 15.1 Å². The van der Waals surface area contributed by atoms with Gasteiger partial charge in [-0.25, -0.2) is 8.78 Å². The molecule has 0 spiro atoms. The van der Waals surface area contributed by atoms with E-state index in [-0.39, 0.29) is 24.5 Å². The first-order valence-electron chi connectivity index (χ1n) is 16.1. The van der Waals surface area contributed by atoms with Gasteiger partial charge in [0.25, 0.3) is 11.8 Å². The summed E-state index contributed by atoms with van der Waals surface area (Å²) in [6.45, 7) is 2.98. The molecule has 0 N–H and O–H groups in total. The number of hydrogen-bond donors (Lipinski definition) is 0. The van der Waals surface area contributed by atoms with Gasteiger partial charge < -0.3 is 19.4 Å². The molecule has 2 amide bonds. The molecule has 0 saturated carbocycles. The molecular formula is C37H37F2N5O3. The van der Waals surface area contributed by atoms with Crippen LogP contribution < -0.4 is 9.64 Å². The molecule has 4 aromatic rings. The number of carbonyl (C=O) groups is 2. The van der Waals surface area contributed by atoms with Crippen LogP contribution >= 0.6 is 0 Å². The smallest absolute Gasteiger partial charge is 0.265 e. The Kier molecular flexibility index (Phi) is 8.46. The number of piperidine rings is 1. The lowest BCUT2D eigenvalue weighted by Gasteiger charge is -2.40. The Labute approximate surface area is 273 Å². The number of nitrogens with zero attached hydrogens (tertiary/aromatic N) is 5. The number of pyridine rings is 1. The van der Waals surface area contributed by atoms with Crippen molar-refractivity contribution in [1.29, 1.82) is 0 Å². The fraction of sp³-hybridized carbons (Fsp3) is 0.324. The molecule has 3 aromatic carbocycles. The van der Waals surface area contributed by atoms with E-state index in [1.54, 1.807) is 30.5 Å². The third-order valence-corrected chi connectivity index (χ3v) is 9.78. The fourth-order valence-electron chi connectivity index (χ4n) is 7.56.